The van der Waals surface area contributed by atoms with Crippen molar-refractivity contribution in [3.8, 4) is 11.3 Å². The third-order valence-electron chi connectivity index (χ3n) is 5.57. The number of hydrogen-bond donors (Lipinski definition) is 3. The fraction of sp³-hybridized carbons (Fsp3) is 0.292. The Kier molecular flexibility index (Phi) is 7.06. The van der Waals surface area contributed by atoms with Crippen molar-refractivity contribution in [2.24, 2.45) is 5.92 Å². The van der Waals surface area contributed by atoms with E-state index in [0.717, 1.165) is 36.3 Å². The predicted molar refractivity (Wildman–Crippen MR) is 126 cm³/mol. The summed E-state index contributed by atoms with van der Waals surface area (Å²) in [6.45, 7) is 0.592. The molecule has 2 aromatic carbocycles. The highest BCUT2D eigenvalue weighted by molar-refractivity contribution is 7.14. The van der Waals surface area contributed by atoms with Crippen molar-refractivity contribution in [3.63, 3.8) is 0 Å². The highest BCUT2D eigenvalue weighted by Crippen LogP contribution is 2.34. The number of nitrogens with zero attached hydrogens (tertiary/aromatic N) is 1. The Balaban J connectivity index is 1.46. The van der Waals surface area contributed by atoms with Gasteiger partial charge in [0.15, 0.2) is 5.13 Å². The summed E-state index contributed by atoms with van der Waals surface area (Å²) >= 11 is 1.06. The van der Waals surface area contributed by atoms with E-state index in [1.54, 1.807) is 25.2 Å². The Morgan fingerprint density at radius 3 is 2.60 bits per heavy atom. The van der Waals surface area contributed by atoms with Gasteiger partial charge in [0.1, 0.15) is 5.82 Å². The molecule has 1 aromatic heterocycles. The second-order valence-electron chi connectivity index (χ2n) is 8.20. The summed E-state index contributed by atoms with van der Waals surface area (Å²) in [6.07, 6.45) is -2.69. The van der Waals surface area contributed by atoms with Crippen LogP contribution in [0.25, 0.3) is 11.3 Å². The van der Waals surface area contributed by atoms with E-state index in [0.29, 0.717) is 35.3 Å². The topological polar surface area (TPSA) is 83.1 Å². The number of aromatic nitrogens is 1. The van der Waals surface area contributed by atoms with Crippen molar-refractivity contribution in [1.29, 1.82) is 0 Å². The molecule has 1 aliphatic rings. The van der Waals surface area contributed by atoms with E-state index in [2.05, 4.69) is 20.9 Å². The summed E-state index contributed by atoms with van der Waals surface area (Å²) < 4.78 is 52.3. The summed E-state index contributed by atoms with van der Waals surface area (Å²) in [4.78, 5) is 29.7. The molecule has 0 atom stereocenters. The Morgan fingerprint density at radius 1 is 1.17 bits per heavy atom. The Labute approximate surface area is 202 Å². The third kappa shape index (κ3) is 5.97. The van der Waals surface area contributed by atoms with Crippen LogP contribution in [0.2, 0.25) is 0 Å². The van der Waals surface area contributed by atoms with Crippen molar-refractivity contribution in [2.45, 2.75) is 25.4 Å². The van der Waals surface area contributed by atoms with Gasteiger partial charge in [0.05, 0.1) is 23.2 Å². The monoisotopic (exact) mass is 506 g/mol. The maximum absolute atomic E-state index is 13.9. The number of benzene rings is 2. The molecule has 4 rings (SSSR count). The quantitative estimate of drug-likeness (QED) is 0.361. The van der Waals surface area contributed by atoms with Crippen LogP contribution < -0.4 is 16.0 Å². The number of rotatable bonds is 8. The minimum absolute atomic E-state index is 0.0917. The molecule has 3 aromatic rings. The highest BCUT2D eigenvalue weighted by atomic mass is 32.1. The maximum atomic E-state index is 13.9. The van der Waals surface area contributed by atoms with Crippen molar-refractivity contribution in [1.82, 2.24) is 10.3 Å². The fourth-order valence-corrected chi connectivity index (χ4v) is 4.31. The van der Waals surface area contributed by atoms with Crippen molar-refractivity contribution in [3.05, 3.63) is 64.3 Å². The zero-order valence-corrected chi connectivity index (χ0v) is 19.4. The number of amides is 2. The lowest BCUT2D eigenvalue weighted by atomic mass is 10.0. The third-order valence-corrected chi connectivity index (χ3v) is 6.32. The standard InChI is InChI=1S/C24H22F4N4O2S/c1-29-18-4-2-3-15(21(18)22(34)30-11-13-5-6-13)10-20(33)32-23-31-19(12-35-23)14-7-8-16(17(25)9-14)24(26,27)28/h2-4,7-9,12-13,29H,5-6,10-11H2,1H3,(H,30,34)(H,31,32,33). The molecule has 1 heterocycles. The lowest BCUT2D eigenvalue weighted by Gasteiger charge is -2.14. The maximum Gasteiger partial charge on any atom is 0.419 e. The Bertz CT molecular complexity index is 1250. The number of carbonyl (C=O) groups is 2. The number of thiazole rings is 1. The van der Waals surface area contributed by atoms with E-state index >= 15 is 0 Å². The van der Waals surface area contributed by atoms with Crippen LogP contribution >= 0.6 is 11.3 Å². The Morgan fingerprint density at radius 2 is 1.94 bits per heavy atom. The smallest absolute Gasteiger partial charge is 0.387 e. The van der Waals surface area contributed by atoms with Gasteiger partial charge in [0.2, 0.25) is 5.91 Å². The summed E-state index contributed by atoms with van der Waals surface area (Å²) in [5.41, 5.74) is 0.559. The van der Waals surface area contributed by atoms with Crippen LogP contribution in [-0.2, 0) is 17.4 Å². The van der Waals surface area contributed by atoms with Gasteiger partial charge in [-0.05, 0) is 42.5 Å². The average molecular weight is 507 g/mol. The molecule has 0 spiro atoms. The lowest BCUT2D eigenvalue weighted by Crippen LogP contribution is -2.28. The summed E-state index contributed by atoms with van der Waals surface area (Å²) in [5.74, 6) is -1.57. The van der Waals surface area contributed by atoms with Crippen LogP contribution in [0.3, 0.4) is 0 Å². The molecule has 35 heavy (non-hydrogen) atoms. The minimum Gasteiger partial charge on any atom is -0.387 e. The van der Waals surface area contributed by atoms with Crippen LogP contribution in [0, 0.1) is 11.7 Å². The molecule has 184 valence electrons. The first kappa shape index (κ1) is 24.6. The molecule has 1 fully saturated rings. The average Bonchev–Trinajstić information content (AvgIpc) is 3.52. The van der Waals surface area contributed by atoms with Gasteiger partial charge in [-0.3, -0.25) is 9.59 Å². The first-order chi connectivity index (χ1) is 16.7. The highest BCUT2D eigenvalue weighted by Gasteiger charge is 2.34. The van der Waals surface area contributed by atoms with Crippen LogP contribution in [0.4, 0.5) is 28.4 Å². The normalized spacial score (nSPS) is 13.4. The van der Waals surface area contributed by atoms with Crippen molar-refractivity contribution >= 4 is 34.0 Å². The zero-order valence-electron chi connectivity index (χ0n) is 18.6. The van der Waals surface area contributed by atoms with Crippen LogP contribution in [0.15, 0.2) is 41.8 Å². The summed E-state index contributed by atoms with van der Waals surface area (Å²) in [6, 6.07) is 7.75. The lowest BCUT2D eigenvalue weighted by molar-refractivity contribution is -0.140. The van der Waals surface area contributed by atoms with Crippen molar-refractivity contribution in [2.75, 3.05) is 24.2 Å². The van der Waals surface area contributed by atoms with Gasteiger partial charge in [-0.2, -0.15) is 13.2 Å². The van der Waals surface area contributed by atoms with Crippen LogP contribution in [0.1, 0.15) is 34.3 Å². The van der Waals surface area contributed by atoms with Gasteiger partial charge >= 0.3 is 6.18 Å². The van der Waals surface area contributed by atoms with E-state index in [1.165, 1.54) is 5.38 Å². The second kappa shape index (κ2) is 10.0. The second-order valence-corrected chi connectivity index (χ2v) is 9.06. The number of hydrogen-bond acceptors (Lipinski definition) is 5. The zero-order chi connectivity index (χ0) is 25.2. The number of halogens is 4. The molecule has 1 aliphatic carbocycles. The molecule has 0 unspecified atom stereocenters. The van der Waals surface area contributed by atoms with E-state index in [-0.39, 0.29) is 28.7 Å². The molecule has 0 saturated heterocycles. The number of nitrogens with one attached hydrogen (secondary N) is 3. The number of alkyl halides is 3. The van der Waals surface area contributed by atoms with Gasteiger partial charge in [0.25, 0.3) is 5.91 Å². The van der Waals surface area contributed by atoms with Crippen molar-refractivity contribution < 1.29 is 27.2 Å². The van der Waals surface area contributed by atoms with Gasteiger partial charge in [-0.15, -0.1) is 11.3 Å². The largest absolute Gasteiger partial charge is 0.419 e. The Hall–Kier alpha value is -3.47. The molecular formula is C24H22F4N4O2S. The van der Waals surface area contributed by atoms with E-state index in [9.17, 15) is 27.2 Å². The van der Waals surface area contributed by atoms with Gasteiger partial charge < -0.3 is 16.0 Å². The number of anilines is 2. The minimum atomic E-state index is -4.79. The molecule has 0 radical (unpaired) electrons. The molecule has 2 amide bonds. The van der Waals surface area contributed by atoms with Gasteiger partial charge in [-0.25, -0.2) is 9.37 Å². The fourth-order valence-electron chi connectivity index (χ4n) is 3.58. The van der Waals surface area contributed by atoms with Crippen LogP contribution in [-0.4, -0.2) is 30.4 Å². The van der Waals surface area contributed by atoms with Gasteiger partial charge in [0, 0.05) is 30.2 Å². The van der Waals surface area contributed by atoms with E-state index < -0.39 is 23.5 Å². The molecule has 0 bridgehead atoms. The molecular weight excluding hydrogens is 484 g/mol. The SMILES string of the molecule is CNc1cccc(CC(=O)Nc2nc(-c3ccc(C(F)(F)F)c(F)c3)cs2)c1C(=O)NCC1CC1. The van der Waals surface area contributed by atoms with E-state index in [4.69, 9.17) is 0 Å². The number of carbonyl (C=O) groups excluding carboxylic acids is 2. The molecule has 6 nitrogen and oxygen atoms in total. The summed E-state index contributed by atoms with van der Waals surface area (Å²) in [5, 5.41) is 10.2. The van der Waals surface area contributed by atoms with E-state index in [1.807, 2.05) is 0 Å². The predicted octanol–water partition coefficient (Wildman–Crippen LogP) is 5.33. The van der Waals surface area contributed by atoms with Gasteiger partial charge in [-0.1, -0.05) is 18.2 Å². The molecule has 11 heteroatoms. The summed E-state index contributed by atoms with van der Waals surface area (Å²) in [7, 11) is 1.69. The first-order valence-electron chi connectivity index (χ1n) is 10.9. The van der Waals surface area contributed by atoms with Crippen LogP contribution in [0.5, 0.6) is 0 Å². The molecule has 3 N–H and O–H groups in total. The molecule has 0 aliphatic heterocycles. The first-order valence-corrected chi connectivity index (χ1v) is 11.7. The molecule has 1 saturated carbocycles.